The van der Waals surface area contributed by atoms with Gasteiger partial charge in [0.2, 0.25) is 5.91 Å². The molecule has 1 aliphatic rings. The molecule has 74 valence electrons. The SMILES string of the molecule is C=CC(=O)N1CCNCC1CCO. The third-order valence-corrected chi connectivity index (χ3v) is 2.27. The number of nitrogens with zero attached hydrogens (tertiary/aromatic N) is 1. The largest absolute Gasteiger partial charge is 0.396 e. The fraction of sp³-hybridized carbons (Fsp3) is 0.667. The summed E-state index contributed by atoms with van der Waals surface area (Å²) in [4.78, 5) is 13.1. The number of hydrogen-bond acceptors (Lipinski definition) is 3. The number of piperazine rings is 1. The highest BCUT2D eigenvalue weighted by Gasteiger charge is 2.23. The van der Waals surface area contributed by atoms with E-state index in [1.165, 1.54) is 6.08 Å². The van der Waals surface area contributed by atoms with E-state index in [4.69, 9.17) is 5.11 Å². The van der Waals surface area contributed by atoms with Crippen molar-refractivity contribution in [3.05, 3.63) is 12.7 Å². The molecule has 2 N–H and O–H groups in total. The zero-order valence-corrected chi connectivity index (χ0v) is 7.70. The fourth-order valence-corrected chi connectivity index (χ4v) is 1.58. The smallest absolute Gasteiger partial charge is 0.246 e. The lowest BCUT2D eigenvalue weighted by atomic mass is 10.1. The number of rotatable bonds is 3. The molecule has 1 unspecified atom stereocenters. The molecule has 1 rings (SSSR count). The number of amides is 1. The van der Waals surface area contributed by atoms with Gasteiger partial charge in [0, 0.05) is 32.3 Å². The lowest BCUT2D eigenvalue weighted by Crippen LogP contribution is -2.53. The third-order valence-electron chi connectivity index (χ3n) is 2.27. The maximum absolute atomic E-state index is 11.4. The monoisotopic (exact) mass is 184 g/mol. The average Bonchev–Trinajstić information content (AvgIpc) is 2.18. The summed E-state index contributed by atoms with van der Waals surface area (Å²) in [6, 6.07) is 0.115. The molecule has 0 radical (unpaired) electrons. The van der Waals surface area contributed by atoms with Crippen molar-refractivity contribution < 1.29 is 9.90 Å². The van der Waals surface area contributed by atoms with Crippen LogP contribution in [0.25, 0.3) is 0 Å². The highest BCUT2D eigenvalue weighted by atomic mass is 16.3. The topological polar surface area (TPSA) is 52.6 Å². The maximum Gasteiger partial charge on any atom is 0.246 e. The van der Waals surface area contributed by atoms with E-state index in [-0.39, 0.29) is 18.6 Å². The molecule has 0 spiro atoms. The number of hydrogen-bond donors (Lipinski definition) is 2. The zero-order valence-electron chi connectivity index (χ0n) is 7.70. The van der Waals surface area contributed by atoms with E-state index in [0.717, 1.165) is 13.1 Å². The fourth-order valence-electron chi connectivity index (χ4n) is 1.58. The van der Waals surface area contributed by atoms with E-state index in [1.807, 2.05) is 0 Å². The summed E-state index contributed by atoms with van der Waals surface area (Å²) in [6.45, 7) is 5.86. The molecule has 0 aliphatic carbocycles. The first-order valence-electron chi connectivity index (χ1n) is 4.54. The lowest BCUT2D eigenvalue weighted by Gasteiger charge is -2.35. The van der Waals surface area contributed by atoms with Gasteiger partial charge in [0.15, 0.2) is 0 Å². The standard InChI is InChI=1S/C9H16N2O2/c1-2-9(13)11-5-4-10-7-8(11)3-6-12/h2,8,10,12H,1,3-7H2. The van der Waals surface area contributed by atoms with E-state index in [9.17, 15) is 4.79 Å². The van der Waals surface area contributed by atoms with Gasteiger partial charge in [-0.15, -0.1) is 0 Å². The van der Waals surface area contributed by atoms with Crippen LogP contribution in [0.5, 0.6) is 0 Å². The summed E-state index contributed by atoms with van der Waals surface area (Å²) < 4.78 is 0. The predicted molar refractivity (Wildman–Crippen MR) is 50.3 cm³/mol. The molecule has 1 saturated heterocycles. The van der Waals surface area contributed by atoms with Crippen LogP contribution >= 0.6 is 0 Å². The number of aliphatic hydroxyl groups excluding tert-OH is 1. The number of carbonyl (C=O) groups is 1. The Labute approximate surface area is 78.2 Å². The van der Waals surface area contributed by atoms with Gasteiger partial charge in [-0.05, 0) is 12.5 Å². The first-order valence-corrected chi connectivity index (χ1v) is 4.54. The van der Waals surface area contributed by atoms with Gasteiger partial charge in [-0.1, -0.05) is 6.58 Å². The molecule has 0 aromatic heterocycles. The van der Waals surface area contributed by atoms with Crippen molar-refractivity contribution in [2.45, 2.75) is 12.5 Å². The van der Waals surface area contributed by atoms with E-state index in [1.54, 1.807) is 4.90 Å². The third kappa shape index (κ3) is 2.54. The molecule has 4 nitrogen and oxygen atoms in total. The van der Waals surface area contributed by atoms with E-state index < -0.39 is 0 Å². The molecule has 13 heavy (non-hydrogen) atoms. The van der Waals surface area contributed by atoms with Gasteiger partial charge in [0.25, 0.3) is 0 Å². The Bertz CT molecular complexity index is 192. The summed E-state index contributed by atoms with van der Waals surface area (Å²) in [5.41, 5.74) is 0. The van der Waals surface area contributed by atoms with E-state index in [2.05, 4.69) is 11.9 Å². The Morgan fingerprint density at radius 1 is 1.77 bits per heavy atom. The minimum Gasteiger partial charge on any atom is -0.396 e. The van der Waals surface area contributed by atoms with Crippen LogP contribution < -0.4 is 5.32 Å². The van der Waals surface area contributed by atoms with Gasteiger partial charge in [-0.25, -0.2) is 0 Å². The first kappa shape index (κ1) is 10.2. The normalized spacial score (nSPS) is 22.8. The molecule has 1 atom stereocenters. The summed E-state index contributed by atoms with van der Waals surface area (Å²) in [7, 11) is 0. The van der Waals surface area contributed by atoms with Crippen LogP contribution in [-0.2, 0) is 4.79 Å². The molecule has 1 heterocycles. The summed E-state index contributed by atoms with van der Waals surface area (Å²) >= 11 is 0. The van der Waals surface area contributed by atoms with Crippen LogP contribution in [-0.4, -0.2) is 48.2 Å². The average molecular weight is 184 g/mol. The highest BCUT2D eigenvalue weighted by Crippen LogP contribution is 2.07. The van der Waals surface area contributed by atoms with Crippen molar-refractivity contribution in [2.75, 3.05) is 26.2 Å². The Balaban J connectivity index is 2.55. The van der Waals surface area contributed by atoms with Crippen molar-refractivity contribution in [3.63, 3.8) is 0 Å². The van der Waals surface area contributed by atoms with Crippen molar-refractivity contribution in [1.29, 1.82) is 0 Å². The van der Waals surface area contributed by atoms with Gasteiger partial charge < -0.3 is 15.3 Å². The van der Waals surface area contributed by atoms with Crippen molar-refractivity contribution in [2.24, 2.45) is 0 Å². The highest BCUT2D eigenvalue weighted by molar-refractivity contribution is 5.87. The number of carbonyl (C=O) groups excluding carboxylic acids is 1. The van der Waals surface area contributed by atoms with Gasteiger partial charge in [-0.2, -0.15) is 0 Å². The summed E-state index contributed by atoms with van der Waals surface area (Å²) in [5.74, 6) is -0.0417. The second kappa shape index (κ2) is 4.99. The molecule has 0 aromatic rings. The van der Waals surface area contributed by atoms with Crippen LogP contribution in [0, 0.1) is 0 Å². The first-order chi connectivity index (χ1) is 6.29. The predicted octanol–water partition coefficient (Wildman–Crippen LogP) is -0.645. The molecular formula is C9H16N2O2. The molecule has 1 aliphatic heterocycles. The number of aliphatic hydroxyl groups is 1. The van der Waals surface area contributed by atoms with Crippen LogP contribution in [0.3, 0.4) is 0 Å². The van der Waals surface area contributed by atoms with Gasteiger partial charge in [0.05, 0.1) is 0 Å². The van der Waals surface area contributed by atoms with Crippen LogP contribution in [0.2, 0.25) is 0 Å². The van der Waals surface area contributed by atoms with Crippen molar-refractivity contribution >= 4 is 5.91 Å². The molecular weight excluding hydrogens is 168 g/mol. The second-order valence-electron chi connectivity index (χ2n) is 3.11. The molecule has 0 aromatic carbocycles. The maximum atomic E-state index is 11.4. The Kier molecular flexibility index (Phi) is 3.92. The summed E-state index contributed by atoms with van der Waals surface area (Å²) in [5, 5.41) is 12.0. The minimum atomic E-state index is -0.0417. The van der Waals surface area contributed by atoms with Crippen molar-refractivity contribution in [3.8, 4) is 0 Å². The van der Waals surface area contributed by atoms with Crippen molar-refractivity contribution in [1.82, 2.24) is 10.2 Å². The molecule has 0 bridgehead atoms. The minimum absolute atomic E-state index is 0.0417. The van der Waals surface area contributed by atoms with Crippen LogP contribution in [0.4, 0.5) is 0 Å². The second-order valence-corrected chi connectivity index (χ2v) is 3.11. The Morgan fingerprint density at radius 3 is 3.15 bits per heavy atom. The summed E-state index contributed by atoms with van der Waals surface area (Å²) in [6.07, 6.45) is 1.96. The quantitative estimate of drug-likeness (QED) is 0.573. The van der Waals surface area contributed by atoms with E-state index >= 15 is 0 Å². The lowest BCUT2D eigenvalue weighted by molar-refractivity contribution is -0.129. The Morgan fingerprint density at radius 2 is 2.54 bits per heavy atom. The Hall–Kier alpha value is -0.870. The van der Waals surface area contributed by atoms with Gasteiger partial charge >= 0.3 is 0 Å². The molecule has 0 saturated carbocycles. The van der Waals surface area contributed by atoms with E-state index in [0.29, 0.717) is 13.0 Å². The van der Waals surface area contributed by atoms with Crippen LogP contribution in [0.1, 0.15) is 6.42 Å². The molecule has 1 fully saturated rings. The van der Waals surface area contributed by atoms with Gasteiger partial charge in [-0.3, -0.25) is 4.79 Å². The number of nitrogens with one attached hydrogen (secondary N) is 1. The zero-order chi connectivity index (χ0) is 9.68. The van der Waals surface area contributed by atoms with Gasteiger partial charge in [0.1, 0.15) is 0 Å². The molecule has 4 heteroatoms. The molecule has 1 amide bonds. The van der Waals surface area contributed by atoms with Crippen LogP contribution in [0.15, 0.2) is 12.7 Å².